The van der Waals surface area contributed by atoms with Crippen LogP contribution >= 0.6 is 23.2 Å². The summed E-state index contributed by atoms with van der Waals surface area (Å²) in [6.45, 7) is 3.17. The van der Waals surface area contributed by atoms with Crippen molar-refractivity contribution in [1.82, 2.24) is 9.62 Å². The fourth-order valence-corrected chi connectivity index (χ4v) is 5.35. The van der Waals surface area contributed by atoms with Crippen LogP contribution in [0.1, 0.15) is 29.5 Å². The summed E-state index contributed by atoms with van der Waals surface area (Å²) in [7, 11) is -3.48. The molecule has 1 amide bonds. The molecule has 2 aromatic carbocycles. The number of carbonyl (C=O) groups excluding carboxylic acids is 1. The molecular weight excluding hydrogens is 431 g/mol. The van der Waals surface area contributed by atoms with Crippen molar-refractivity contribution in [2.75, 3.05) is 13.1 Å². The average Bonchev–Trinajstić information content (AvgIpc) is 2.69. The van der Waals surface area contributed by atoms with E-state index in [2.05, 4.69) is 5.32 Å². The number of amides is 1. The predicted molar refractivity (Wildman–Crippen MR) is 116 cm³/mol. The SMILES string of the molecule is Cc1cccc(CNC(=O)C2CCN(S(=O)(=O)Cc3ccc(Cl)c(Cl)c3)CC2)c1. The highest BCUT2D eigenvalue weighted by Gasteiger charge is 2.31. The summed E-state index contributed by atoms with van der Waals surface area (Å²) in [6, 6.07) is 12.8. The zero-order chi connectivity index (χ0) is 21.0. The first-order valence-electron chi connectivity index (χ1n) is 9.49. The highest BCUT2D eigenvalue weighted by Crippen LogP contribution is 2.26. The molecule has 1 aliphatic rings. The van der Waals surface area contributed by atoms with Gasteiger partial charge in [-0.2, -0.15) is 0 Å². The molecule has 0 unspecified atom stereocenters. The molecule has 2 aromatic rings. The molecule has 0 aliphatic carbocycles. The number of hydrogen-bond acceptors (Lipinski definition) is 3. The lowest BCUT2D eigenvalue weighted by molar-refractivity contribution is -0.126. The number of sulfonamides is 1. The van der Waals surface area contributed by atoms with Gasteiger partial charge in [0.2, 0.25) is 15.9 Å². The van der Waals surface area contributed by atoms with Gasteiger partial charge in [-0.1, -0.05) is 59.1 Å². The van der Waals surface area contributed by atoms with E-state index in [1.165, 1.54) is 4.31 Å². The number of carbonyl (C=O) groups is 1. The maximum absolute atomic E-state index is 12.7. The minimum absolute atomic E-state index is 0.0203. The third kappa shape index (κ3) is 5.95. The summed E-state index contributed by atoms with van der Waals surface area (Å²) in [5.41, 5.74) is 2.80. The second-order valence-electron chi connectivity index (χ2n) is 7.38. The lowest BCUT2D eigenvalue weighted by Crippen LogP contribution is -2.43. The third-order valence-electron chi connectivity index (χ3n) is 5.10. The number of halogens is 2. The van der Waals surface area contributed by atoms with Crippen LogP contribution in [0.4, 0.5) is 0 Å². The average molecular weight is 455 g/mol. The van der Waals surface area contributed by atoms with Crippen LogP contribution < -0.4 is 5.32 Å². The molecule has 1 heterocycles. The maximum atomic E-state index is 12.7. The van der Waals surface area contributed by atoms with E-state index in [9.17, 15) is 13.2 Å². The van der Waals surface area contributed by atoms with Gasteiger partial charge in [-0.25, -0.2) is 12.7 Å². The molecule has 1 N–H and O–H groups in total. The summed E-state index contributed by atoms with van der Waals surface area (Å²) in [5.74, 6) is -0.321. The summed E-state index contributed by atoms with van der Waals surface area (Å²) >= 11 is 11.9. The minimum atomic E-state index is -3.48. The second kappa shape index (κ2) is 9.47. The summed E-state index contributed by atoms with van der Waals surface area (Å²) in [4.78, 5) is 12.5. The summed E-state index contributed by atoms with van der Waals surface area (Å²) in [5, 5.41) is 3.70. The molecule has 3 rings (SSSR count). The van der Waals surface area contributed by atoms with Gasteiger partial charge in [-0.3, -0.25) is 4.79 Å². The topological polar surface area (TPSA) is 66.5 Å². The van der Waals surface area contributed by atoms with E-state index in [1.807, 2.05) is 31.2 Å². The highest BCUT2D eigenvalue weighted by molar-refractivity contribution is 7.88. The molecule has 0 saturated carbocycles. The number of nitrogens with one attached hydrogen (secondary N) is 1. The van der Waals surface area contributed by atoms with Crippen LogP contribution in [0.15, 0.2) is 42.5 Å². The number of piperidine rings is 1. The van der Waals surface area contributed by atoms with Crippen molar-refractivity contribution >= 4 is 39.1 Å². The Morgan fingerprint density at radius 2 is 1.79 bits per heavy atom. The van der Waals surface area contributed by atoms with Crippen molar-refractivity contribution in [2.24, 2.45) is 5.92 Å². The zero-order valence-electron chi connectivity index (χ0n) is 16.2. The predicted octanol–water partition coefficient (Wildman–Crippen LogP) is 4.16. The van der Waals surface area contributed by atoms with Gasteiger partial charge in [0.05, 0.1) is 15.8 Å². The number of benzene rings is 2. The van der Waals surface area contributed by atoms with Crippen molar-refractivity contribution in [2.45, 2.75) is 32.1 Å². The van der Waals surface area contributed by atoms with Gasteiger partial charge in [-0.15, -0.1) is 0 Å². The third-order valence-corrected chi connectivity index (χ3v) is 7.69. The van der Waals surface area contributed by atoms with E-state index in [0.717, 1.165) is 11.1 Å². The maximum Gasteiger partial charge on any atom is 0.223 e. The van der Waals surface area contributed by atoms with Crippen LogP contribution in [0.25, 0.3) is 0 Å². The Balaban J connectivity index is 1.52. The van der Waals surface area contributed by atoms with Crippen LogP contribution in [0.3, 0.4) is 0 Å². The molecule has 156 valence electrons. The van der Waals surface area contributed by atoms with Crippen molar-refractivity contribution in [1.29, 1.82) is 0 Å². The normalized spacial score (nSPS) is 16.0. The Kier molecular flexibility index (Phi) is 7.22. The number of hydrogen-bond donors (Lipinski definition) is 1. The lowest BCUT2D eigenvalue weighted by atomic mass is 9.97. The van der Waals surface area contributed by atoms with Gasteiger partial charge in [0.25, 0.3) is 0 Å². The monoisotopic (exact) mass is 454 g/mol. The first-order valence-corrected chi connectivity index (χ1v) is 11.9. The molecule has 29 heavy (non-hydrogen) atoms. The van der Waals surface area contributed by atoms with Crippen LogP contribution in [0.5, 0.6) is 0 Å². The summed E-state index contributed by atoms with van der Waals surface area (Å²) in [6.07, 6.45) is 1.03. The van der Waals surface area contributed by atoms with E-state index in [1.54, 1.807) is 18.2 Å². The Labute approximate surface area is 182 Å². The second-order valence-corrected chi connectivity index (χ2v) is 10.2. The van der Waals surface area contributed by atoms with Crippen molar-refractivity contribution in [3.8, 4) is 0 Å². The van der Waals surface area contributed by atoms with Crippen LogP contribution in [-0.4, -0.2) is 31.7 Å². The molecule has 0 aromatic heterocycles. The standard InChI is InChI=1S/C21H24Cl2N2O3S/c1-15-3-2-4-16(11-15)13-24-21(26)18-7-9-25(10-8-18)29(27,28)14-17-5-6-19(22)20(23)12-17/h2-6,11-12,18H,7-10,13-14H2,1H3,(H,24,26). The molecule has 0 atom stereocenters. The highest BCUT2D eigenvalue weighted by atomic mass is 35.5. The van der Waals surface area contributed by atoms with E-state index >= 15 is 0 Å². The van der Waals surface area contributed by atoms with Crippen molar-refractivity contribution < 1.29 is 13.2 Å². The first-order chi connectivity index (χ1) is 13.7. The molecule has 1 fully saturated rings. The number of nitrogens with zero attached hydrogens (tertiary/aromatic N) is 1. The Hall–Kier alpha value is -1.60. The van der Waals surface area contributed by atoms with Gasteiger partial charge in [0.1, 0.15) is 0 Å². The molecule has 1 aliphatic heterocycles. The van der Waals surface area contributed by atoms with Gasteiger partial charge in [-0.05, 0) is 43.0 Å². The molecule has 1 saturated heterocycles. The largest absolute Gasteiger partial charge is 0.352 e. The van der Waals surface area contributed by atoms with E-state index in [0.29, 0.717) is 48.1 Å². The van der Waals surface area contributed by atoms with Crippen LogP contribution in [0, 0.1) is 12.8 Å². The fourth-order valence-electron chi connectivity index (χ4n) is 3.48. The Bertz CT molecular complexity index is 987. The molecule has 8 heteroatoms. The van der Waals surface area contributed by atoms with Gasteiger partial charge in [0, 0.05) is 25.6 Å². The first kappa shape index (κ1) is 22.1. The van der Waals surface area contributed by atoms with Crippen LogP contribution in [-0.2, 0) is 27.1 Å². The van der Waals surface area contributed by atoms with Crippen molar-refractivity contribution in [3.05, 3.63) is 69.2 Å². The Morgan fingerprint density at radius 3 is 2.45 bits per heavy atom. The zero-order valence-corrected chi connectivity index (χ0v) is 18.5. The minimum Gasteiger partial charge on any atom is -0.352 e. The molecule has 0 bridgehead atoms. The van der Waals surface area contributed by atoms with Gasteiger partial charge >= 0.3 is 0 Å². The van der Waals surface area contributed by atoms with E-state index < -0.39 is 10.0 Å². The lowest BCUT2D eigenvalue weighted by Gasteiger charge is -2.30. The van der Waals surface area contributed by atoms with E-state index in [4.69, 9.17) is 23.2 Å². The molecule has 0 spiro atoms. The van der Waals surface area contributed by atoms with Gasteiger partial charge in [0.15, 0.2) is 0 Å². The smallest absolute Gasteiger partial charge is 0.223 e. The number of aryl methyl sites for hydroxylation is 1. The quantitative estimate of drug-likeness (QED) is 0.712. The van der Waals surface area contributed by atoms with E-state index in [-0.39, 0.29) is 17.6 Å². The molecule has 0 radical (unpaired) electrons. The number of rotatable bonds is 6. The summed E-state index contributed by atoms with van der Waals surface area (Å²) < 4.78 is 26.9. The molecular formula is C21H24Cl2N2O3S. The molecule has 5 nitrogen and oxygen atoms in total. The fraction of sp³-hybridized carbons (Fsp3) is 0.381. The van der Waals surface area contributed by atoms with Crippen molar-refractivity contribution in [3.63, 3.8) is 0 Å². The van der Waals surface area contributed by atoms with Crippen LogP contribution in [0.2, 0.25) is 10.0 Å². The Morgan fingerprint density at radius 1 is 1.07 bits per heavy atom. The van der Waals surface area contributed by atoms with Gasteiger partial charge < -0.3 is 5.32 Å².